The Morgan fingerprint density at radius 3 is 2.47 bits per heavy atom. The van der Waals surface area contributed by atoms with Crippen LogP contribution >= 0.6 is 23.2 Å². The van der Waals surface area contributed by atoms with Crippen LogP contribution in [0.2, 0.25) is 10.0 Å². The second-order valence-corrected chi connectivity index (χ2v) is 4.16. The maximum atomic E-state index is 12.6. The molecule has 0 aliphatic heterocycles. The lowest BCUT2D eigenvalue weighted by Gasteiger charge is -2.16. The maximum Gasteiger partial charge on any atom is 0.319 e. The van der Waals surface area contributed by atoms with Gasteiger partial charge in [0, 0.05) is 6.54 Å². The third-order valence-corrected chi connectivity index (χ3v) is 2.89. The highest BCUT2D eigenvalue weighted by atomic mass is 35.5. The summed E-state index contributed by atoms with van der Waals surface area (Å²) in [7, 11) is 0. The van der Waals surface area contributed by atoms with Gasteiger partial charge in [-0.2, -0.15) is 8.78 Å². The first kappa shape index (κ1) is 14.5. The van der Waals surface area contributed by atoms with Gasteiger partial charge >= 0.3 is 12.3 Å². The van der Waals surface area contributed by atoms with Crippen molar-refractivity contribution in [1.82, 2.24) is 5.32 Å². The van der Waals surface area contributed by atoms with Crippen LogP contribution in [0.1, 0.15) is 5.56 Å². The van der Waals surface area contributed by atoms with Gasteiger partial charge < -0.3 is 5.32 Å². The van der Waals surface area contributed by atoms with Gasteiger partial charge in [0.05, 0.1) is 16.6 Å². The Bertz CT molecular complexity index is 385. The summed E-state index contributed by atoms with van der Waals surface area (Å²) in [6.07, 6.45) is -3.69. The van der Waals surface area contributed by atoms with Crippen molar-refractivity contribution >= 4 is 23.2 Å². The Kier molecular flexibility index (Phi) is 5.04. The number of alkyl halides is 4. The molecule has 7 heteroatoms. The summed E-state index contributed by atoms with van der Waals surface area (Å²) in [5.41, 5.74) is 0.476. The molecule has 1 rings (SSSR count). The molecule has 0 saturated carbocycles. The average Bonchev–Trinajstić information content (AvgIpc) is 2.24. The van der Waals surface area contributed by atoms with Gasteiger partial charge in [-0.15, -0.1) is 0 Å². The molecule has 1 aromatic carbocycles. The lowest BCUT2D eigenvalue weighted by atomic mass is 10.2. The molecule has 0 aliphatic carbocycles. The van der Waals surface area contributed by atoms with E-state index in [9.17, 15) is 17.6 Å². The molecule has 17 heavy (non-hydrogen) atoms. The highest BCUT2D eigenvalue weighted by Gasteiger charge is 2.39. The molecule has 0 aliphatic rings. The molecule has 1 aromatic rings. The van der Waals surface area contributed by atoms with Crippen molar-refractivity contribution < 1.29 is 17.6 Å². The third-order valence-electron chi connectivity index (χ3n) is 2.03. The minimum Gasteiger partial charge on any atom is -0.307 e. The van der Waals surface area contributed by atoms with Crippen LogP contribution in [-0.2, 0) is 6.54 Å². The van der Waals surface area contributed by atoms with Crippen molar-refractivity contribution in [2.75, 3.05) is 6.54 Å². The molecule has 0 amide bonds. The van der Waals surface area contributed by atoms with Crippen LogP contribution in [0.4, 0.5) is 17.6 Å². The van der Waals surface area contributed by atoms with E-state index in [1.165, 1.54) is 0 Å². The van der Waals surface area contributed by atoms with Gasteiger partial charge in [0.15, 0.2) is 0 Å². The fraction of sp³-hybridized carbons (Fsp3) is 0.400. The van der Waals surface area contributed by atoms with Crippen molar-refractivity contribution in [2.24, 2.45) is 0 Å². The quantitative estimate of drug-likeness (QED) is 0.809. The van der Waals surface area contributed by atoms with Crippen molar-refractivity contribution in [3.63, 3.8) is 0 Å². The highest BCUT2D eigenvalue weighted by molar-refractivity contribution is 6.42. The molecule has 0 bridgehead atoms. The van der Waals surface area contributed by atoms with Gasteiger partial charge in [-0.05, 0) is 11.6 Å². The van der Waals surface area contributed by atoms with Gasteiger partial charge in [0.1, 0.15) is 0 Å². The zero-order chi connectivity index (χ0) is 13.1. The molecular formula is C10H9Cl2F4N. The molecule has 0 spiro atoms. The third kappa shape index (κ3) is 4.01. The first-order valence-electron chi connectivity index (χ1n) is 4.64. The van der Waals surface area contributed by atoms with Crippen LogP contribution in [0.25, 0.3) is 0 Å². The lowest BCUT2D eigenvalue weighted by molar-refractivity contribution is -0.125. The molecule has 96 valence electrons. The predicted octanol–water partition coefficient (Wildman–Crippen LogP) is 3.98. The van der Waals surface area contributed by atoms with E-state index >= 15 is 0 Å². The van der Waals surface area contributed by atoms with E-state index in [1.807, 2.05) is 0 Å². The van der Waals surface area contributed by atoms with Crippen LogP contribution < -0.4 is 5.32 Å². The Morgan fingerprint density at radius 2 is 1.88 bits per heavy atom. The summed E-state index contributed by atoms with van der Waals surface area (Å²) in [6.45, 7) is -1.17. The summed E-state index contributed by atoms with van der Waals surface area (Å²) in [5, 5.41) is 2.73. The minimum atomic E-state index is -4.05. The Labute approximate surface area is 106 Å². The number of hydrogen-bond acceptors (Lipinski definition) is 1. The van der Waals surface area contributed by atoms with Crippen LogP contribution in [0.5, 0.6) is 0 Å². The summed E-state index contributed by atoms with van der Waals surface area (Å²) in [6, 6.07) is 4.71. The van der Waals surface area contributed by atoms with Gasteiger partial charge in [-0.25, -0.2) is 8.78 Å². The second-order valence-electron chi connectivity index (χ2n) is 3.38. The fourth-order valence-electron chi connectivity index (χ4n) is 1.13. The zero-order valence-corrected chi connectivity index (χ0v) is 10.0. The topological polar surface area (TPSA) is 12.0 Å². The number of halogens is 6. The van der Waals surface area contributed by atoms with Gasteiger partial charge in [0.25, 0.3) is 0 Å². The Morgan fingerprint density at radius 1 is 1.24 bits per heavy atom. The maximum absolute atomic E-state index is 12.6. The summed E-state index contributed by atoms with van der Waals surface area (Å²) < 4.78 is 48.8. The molecule has 0 atom stereocenters. The van der Waals surface area contributed by atoms with Gasteiger partial charge in [-0.1, -0.05) is 35.3 Å². The first-order valence-corrected chi connectivity index (χ1v) is 5.40. The summed E-state index contributed by atoms with van der Waals surface area (Å²) >= 11 is 11.5. The van der Waals surface area contributed by atoms with E-state index in [0.29, 0.717) is 5.56 Å². The highest BCUT2D eigenvalue weighted by Crippen LogP contribution is 2.26. The van der Waals surface area contributed by atoms with E-state index in [2.05, 4.69) is 5.32 Å². The number of benzene rings is 1. The van der Waals surface area contributed by atoms with Crippen LogP contribution in [0, 0.1) is 0 Å². The zero-order valence-electron chi connectivity index (χ0n) is 8.49. The van der Waals surface area contributed by atoms with E-state index in [-0.39, 0.29) is 16.6 Å². The van der Waals surface area contributed by atoms with E-state index < -0.39 is 18.9 Å². The van der Waals surface area contributed by atoms with E-state index in [0.717, 1.165) is 0 Å². The van der Waals surface area contributed by atoms with E-state index in [4.69, 9.17) is 23.2 Å². The molecule has 0 fully saturated rings. The predicted molar refractivity (Wildman–Crippen MR) is 59.1 cm³/mol. The molecule has 0 heterocycles. The van der Waals surface area contributed by atoms with Crippen LogP contribution in [0.3, 0.4) is 0 Å². The molecule has 0 aromatic heterocycles. The molecule has 1 N–H and O–H groups in total. The summed E-state index contributed by atoms with van der Waals surface area (Å²) in [5.74, 6) is -4.05. The van der Waals surface area contributed by atoms with Crippen LogP contribution in [0.15, 0.2) is 18.2 Å². The van der Waals surface area contributed by atoms with Crippen molar-refractivity contribution in [3.05, 3.63) is 33.8 Å². The van der Waals surface area contributed by atoms with Gasteiger partial charge in [-0.3, -0.25) is 0 Å². The number of hydrogen-bond donors (Lipinski definition) is 1. The lowest BCUT2D eigenvalue weighted by Crippen LogP contribution is -2.38. The molecule has 0 radical (unpaired) electrons. The van der Waals surface area contributed by atoms with Crippen molar-refractivity contribution in [3.8, 4) is 0 Å². The van der Waals surface area contributed by atoms with Crippen molar-refractivity contribution in [1.29, 1.82) is 0 Å². The van der Waals surface area contributed by atoms with E-state index in [1.54, 1.807) is 18.2 Å². The van der Waals surface area contributed by atoms with Crippen molar-refractivity contribution in [2.45, 2.75) is 18.9 Å². The normalized spacial score (nSPS) is 12.2. The number of rotatable bonds is 5. The minimum absolute atomic E-state index is 0.0539. The number of nitrogens with one attached hydrogen (secondary N) is 1. The monoisotopic (exact) mass is 289 g/mol. The standard InChI is InChI=1S/C10H9Cl2F4N/c11-7-3-1-2-6(8(7)12)4-17-5-10(15,16)9(13)14/h1-3,9,17H,4-5H2. The molecule has 0 unspecified atom stereocenters. The molecule has 1 nitrogen and oxygen atoms in total. The van der Waals surface area contributed by atoms with Crippen LogP contribution in [-0.4, -0.2) is 18.9 Å². The Balaban J connectivity index is 2.55. The first-order chi connectivity index (χ1) is 7.84. The summed E-state index contributed by atoms with van der Waals surface area (Å²) in [4.78, 5) is 0. The fourth-order valence-corrected chi connectivity index (χ4v) is 1.51. The smallest absolute Gasteiger partial charge is 0.307 e. The second kappa shape index (κ2) is 5.89. The molecule has 0 saturated heterocycles. The van der Waals surface area contributed by atoms with Gasteiger partial charge in [0.2, 0.25) is 0 Å². The average molecular weight is 290 g/mol. The molecular weight excluding hydrogens is 281 g/mol. The Hall–Kier alpha value is -0.520. The largest absolute Gasteiger partial charge is 0.319 e. The SMILES string of the molecule is FC(F)C(F)(F)CNCc1cccc(Cl)c1Cl.